The minimum atomic E-state index is -0.356. The highest BCUT2D eigenvalue weighted by Gasteiger charge is 2.21. The quantitative estimate of drug-likeness (QED) is 0.275. The van der Waals surface area contributed by atoms with Crippen molar-refractivity contribution >= 4 is 23.5 Å². The molecule has 0 aliphatic carbocycles. The summed E-state index contributed by atoms with van der Waals surface area (Å²) in [6, 6.07) is 23.8. The van der Waals surface area contributed by atoms with Crippen molar-refractivity contribution in [2.45, 2.75) is 51.1 Å². The van der Waals surface area contributed by atoms with E-state index in [9.17, 15) is 4.79 Å². The van der Waals surface area contributed by atoms with Crippen molar-refractivity contribution in [1.29, 1.82) is 0 Å². The molecule has 6 nitrogen and oxygen atoms in total. The summed E-state index contributed by atoms with van der Waals surface area (Å²) < 4.78 is 2.03. The van der Waals surface area contributed by atoms with E-state index in [-0.39, 0.29) is 12.1 Å². The largest absolute Gasteiger partial charge is 0.328 e. The van der Waals surface area contributed by atoms with Crippen LogP contribution >= 0.6 is 11.8 Å². The molecule has 4 aromatic rings. The van der Waals surface area contributed by atoms with Crippen molar-refractivity contribution in [2.24, 2.45) is 0 Å². The molecule has 4 rings (SSSR count). The normalized spacial score (nSPS) is 11.8. The van der Waals surface area contributed by atoms with E-state index in [2.05, 4.69) is 84.1 Å². The summed E-state index contributed by atoms with van der Waals surface area (Å²) in [6.45, 7) is 8.19. The predicted molar refractivity (Wildman–Crippen MR) is 143 cm³/mol. The summed E-state index contributed by atoms with van der Waals surface area (Å²) in [5.41, 5.74) is 6.59. The highest BCUT2D eigenvalue weighted by molar-refractivity contribution is 7.98. The van der Waals surface area contributed by atoms with E-state index in [0.717, 1.165) is 28.7 Å². The Balaban J connectivity index is 1.56. The zero-order valence-corrected chi connectivity index (χ0v) is 21.4. The maximum Gasteiger partial charge on any atom is 0.319 e. The van der Waals surface area contributed by atoms with Gasteiger partial charge in [-0.15, -0.1) is 10.2 Å². The number of hydrogen-bond donors (Lipinski definition) is 2. The highest BCUT2D eigenvalue weighted by atomic mass is 32.2. The Kier molecular flexibility index (Phi) is 7.87. The third kappa shape index (κ3) is 6.11. The maximum absolute atomic E-state index is 12.8. The number of carbonyl (C=O) groups is 1. The molecule has 0 aliphatic heterocycles. The summed E-state index contributed by atoms with van der Waals surface area (Å²) in [4.78, 5) is 12.8. The predicted octanol–water partition coefficient (Wildman–Crippen LogP) is 6.62. The number of anilines is 1. The first-order valence-electron chi connectivity index (χ1n) is 11.8. The maximum atomic E-state index is 12.8. The second kappa shape index (κ2) is 11.2. The van der Waals surface area contributed by atoms with Crippen molar-refractivity contribution < 1.29 is 4.79 Å². The van der Waals surface area contributed by atoms with E-state index >= 15 is 0 Å². The Morgan fingerprint density at radius 2 is 1.77 bits per heavy atom. The van der Waals surface area contributed by atoms with E-state index < -0.39 is 0 Å². The number of hydrogen-bond acceptors (Lipinski definition) is 4. The third-order valence-electron chi connectivity index (χ3n) is 5.90. The van der Waals surface area contributed by atoms with Crippen molar-refractivity contribution in [3.8, 4) is 5.69 Å². The number of thioether (sulfide) groups is 1. The Labute approximate surface area is 211 Å². The van der Waals surface area contributed by atoms with Gasteiger partial charge in [0.1, 0.15) is 0 Å². The van der Waals surface area contributed by atoms with Gasteiger partial charge in [-0.05, 0) is 68.1 Å². The number of carbonyl (C=O) groups excluding carboxylic acids is 1. The zero-order valence-electron chi connectivity index (χ0n) is 20.6. The van der Waals surface area contributed by atoms with Gasteiger partial charge in [0.15, 0.2) is 11.0 Å². The number of nitrogens with zero attached hydrogens (tertiary/aromatic N) is 3. The third-order valence-corrected chi connectivity index (χ3v) is 6.87. The molecule has 1 heterocycles. The molecule has 0 bridgehead atoms. The summed E-state index contributed by atoms with van der Waals surface area (Å²) in [7, 11) is 0. The average molecular weight is 486 g/mol. The van der Waals surface area contributed by atoms with Gasteiger partial charge >= 0.3 is 6.03 Å². The molecule has 0 saturated carbocycles. The fourth-order valence-corrected chi connectivity index (χ4v) is 4.84. The molecule has 7 heteroatoms. The van der Waals surface area contributed by atoms with Gasteiger partial charge in [-0.3, -0.25) is 4.57 Å². The van der Waals surface area contributed by atoms with Gasteiger partial charge in [0.2, 0.25) is 0 Å². The molecule has 1 unspecified atom stereocenters. The van der Waals surface area contributed by atoms with Gasteiger partial charge in [0.25, 0.3) is 0 Å². The lowest BCUT2D eigenvalue weighted by atomic mass is 10.1. The van der Waals surface area contributed by atoms with Crippen LogP contribution in [0.15, 0.2) is 78.0 Å². The van der Waals surface area contributed by atoms with Crippen LogP contribution in [-0.4, -0.2) is 20.8 Å². The molecular weight excluding hydrogens is 454 g/mol. The SMILES string of the molecule is CCc1cccc(NC(=O)NC(C)c2nnc(SCc3ccccc3C)n2-c2ccc(C)cc2)c1. The Bertz CT molecular complexity index is 1300. The van der Waals surface area contributed by atoms with E-state index in [1.54, 1.807) is 11.8 Å². The van der Waals surface area contributed by atoms with E-state index in [4.69, 9.17) is 0 Å². The van der Waals surface area contributed by atoms with Crippen molar-refractivity contribution in [3.63, 3.8) is 0 Å². The lowest BCUT2D eigenvalue weighted by molar-refractivity contribution is 0.249. The molecule has 1 aromatic heterocycles. The van der Waals surface area contributed by atoms with Gasteiger partial charge in [0.05, 0.1) is 6.04 Å². The van der Waals surface area contributed by atoms with E-state index in [1.807, 2.05) is 41.8 Å². The van der Waals surface area contributed by atoms with Gasteiger partial charge in [-0.2, -0.15) is 0 Å². The summed E-state index contributed by atoms with van der Waals surface area (Å²) in [5.74, 6) is 1.46. The summed E-state index contributed by atoms with van der Waals surface area (Å²) >= 11 is 1.64. The second-order valence-electron chi connectivity index (χ2n) is 8.60. The lowest BCUT2D eigenvalue weighted by Crippen LogP contribution is -2.32. The van der Waals surface area contributed by atoms with E-state index in [1.165, 1.54) is 22.3 Å². The van der Waals surface area contributed by atoms with Crippen LogP contribution in [0.1, 0.15) is 48.0 Å². The lowest BCUT2D eigenvalue weighted by Gasteiger charge is -2.17. The van der Waals surface area contributed by atoms with Crippen LogP contribution in [-0.2, 0) is 12.2 Å². The minimum absolute atomic E-state index is 0.279. The Morgan fingerprint density at radius 1 is 1.00 bits per heavy atom. The fourth-order valence-electron chi connectivity index (χ4n) is 3.80. The molecule has 2 amide bonds. The van der Waals surface area contributed by atoms with Crippen molar-refractivity contribution in [1.82, 2.24) is 20.1 Å². The minimum Gasteiger partial charge on any atom is -0.328 e. The van der Waals surface area contributed by atoms with Gasteiger partial charge in [0, 0.05) is 17.1 Å². The fraction of sp³-hybridized carbons (Fsp3) is 0.250. The van der Waals surface area contributed by atoms with Crippen LogP contribution in [0.4, 0.5) is 10.5 Å². The number of nitrogens with one attached hydrogen (secondary N) is 2. The standard InChI is InChI=1S/C28H31N5OS/c1-5-22-10-8-12-24(17-22)30-27(34)29-21(4)26-31-32-28(33(26)25-15-13-19(2)14-16-25)35-18-23-11-7-6-9-20(23)3/h6-17,21H,5,18H2,1-4H3,(H2,29,30,34). The number of benzene rings is 3. The molecule has 0 radical (unpaired) electrons. The second-order valence-corrected chi connectivity index (χ2v) is 9.54. The molecule has 0 saturated heterocycles. The molecular formula is C28H31N5OS. The molecule has 35 heavy (non-hydrogen) atoms. The zero-order chi connectivity index (χ0) is 24.8. The number of urea groups is 1. The molecule has 0 aliphatic rings. The Morgan fingerprint density at radius 3 is 2.51 bits per heavy atom. The van der Waals surface area contributed by atoms with Crippen molar-refractivity contribution in [2.75, 3.05) is 5.32 Å². The smallest absolute Gasteiger partial charge is 0.319 e. The molecule has 3 aromatic carbocycles. The average Bonchev–Trinajstić information content (AvgIpc) is 3.28. The van der Waals surface area contributed by atoms with Gasteiger partial charge in [-0.1, -0.05) is 72.8 Å². The van der Waals surface area contributed by atoms with Gasteiger partial charge < -0.3 is 10.6 Å². The molecule has 0 spiro atoms. The van der Waals surface area contributed by atoms with E-state index in [0.29, 0.717) is 5.82 Å². The molecule has 2 N–H and O–H groups in total. The van der Waals surface area contributed by atoms with Crippen LogP contribution in [0.2, 0.25) is 0 Å². The first kappa shape index (κ1) is 24.5. The topological polar surface area (TPSA) is 71.8 Å². The number of aryl methyl sites for hydroxylation is 3. The van der Waals surface area contributed by atoms with Crippen LogP contribution < -0.4 is 10.6 Å². The van der Waals surface area contributed by atoms with Crippen LogP contribution in [0, 0.1) is 13.8 Å². The monoisotopic (exact) mass is 485 g/mol. The first-order chi connectivity index (χ1) is 16.9. The molecule has 0 fully saturated rings. The van der Waals surface area contributed by atoms with Crippen LogP contribution in [0.3, 0.4) is 0 Å². The Hall–Kier alpha value is -3.58. The molecule has 1 atom stereocenters. The number of amides is 2. The van der Waals surface area contributed by atoms with Crippen LogP contribution in [0.25, 0.3) is 5.69 Å². The van der Waals surface area contributed by atoms with Gasteiger partial charge in [-0.25, -0.2) is 4.79 Å². The number of rotatable bonds is 8. The van der Waals surface area contributed by atoms with Crippen LogP contribution in [0.5, 0.6) is 0 Å². The van der Waals surface area contributed by atoms with Crippen molar-refractivity contribution in [3.05, 3.63) is 101 Å². The highest BCUT2D eigenvalue weighted by Crippen LogP contribution is 2.28. The summed E-state index contributed by atoms with van der Waals surface area (Å²) in [5, 5.41) is 15.7. The first-order valence-corrected chi connectivity index (χ1v) is 12.8. The summed E-state index contributed by atoms with van der Waals surface area (Å²) in [6.07, 6.45) is 0.913. The number of aromatic nitrogens is 3. The molecule has 180 valence electrons.